The van der Waals surface area contributed by atoms with Crippen LogP contribution in [0.3, 0.4) is 0 Å². The molecule has 0 bridgehead atoms. The second kappa shape index (κ2) is 9.10. The minimum atomic E-state index is -4.49. The van der Waals surface area contributed by atoms with Gasteiger partial charge in [0, 0.05) is 17.2 Å². The number of alkyl halides is 3. The molecule has 0 radical (unpaired) electrons. The molecule has 0 saturated heterocycles. The summed E-state index contributed by atoms with van der Waals surface area (Å²) >= 11 is 1.05. The summed E-state index contributed by atoms with van der Waals surface area (Å²) in [4.78, 5) is 22.7. The van der Waals surface area contributed by atoms with Gasteiger partial charge in [-0.05, 0) is 42.0 Å². The molecule has 8 nitrogen and oxygen atoms in total. The van der Waals surface area contributed by atoms with Gasteiger partial charge in [0.15, 0.2) is 5.96 Å². The minimum absolute atomic E-state index is 0.206. The van der Waals surface area contributed by atoms with Crippen molar-refractivity contribution in [1.82, 2.24) is 4.98 Å². The third-order valence-corrected chi connectivity index (χ3v) is 4.21. The topological polar surface area (TPSA) is 153 Å². The smallest absolute Gasteiger partial charge is 0.417 e. The second-order valence-electron chi connectivity index (χ2n) is 5.39. The highest BCUT2D eigenvalue weighted by atomic mass is 32.2. The average Bonchev–Trinajstić information content (AvgIpc) is 2.60. The van der Waals surface area contributed by atoms with E-state index in [1.165, 1.54) is 18.2 Å². The molecule has 152 valence electrons. The van der Waals surface area contributed by atoms with Gasteiger partial charge in [0.1, 0.15) is 5.03 Å². The molecule has 12 heteroatoms. The zero-order valence-electron chi connectivity index (χ0n) is 14.6. The number of halogens is 3. The van der Waals surface area contributed by atoms with Crippen molar-refractivity contribution < 1.29 is 23.1 Å². The first-order valence-electron chi connectivity index (χ1n) is 7.74. The molecule has 7 N–H and O–H groups in total. The standard InChI is InChI=1S/C17H15F3N6O2S/c18-17(19,20)10-2-5-13(24-8-10)29-12-4-3-11(25-16(23)26-15(21)22)7-9(12)1-6-14(27)28/h1-8H,(H,27,28)(H6,21,22,23,25,26). The van der Waals surface area contributed by atoms with Crippen molar-refractivity contribution in [2.24, 2.45) is 27.2 Å². The Morgan fingerprint density at radius 3 is 2.45 bits per heavy atom. The quantitative estimate of drug-likeness (QED) is 0.327. The molecule has 0 aliphatic heterocycles. The summed E-state index contributed by atoms with van der Waals surface area (Å²) in [5.41, 5.74) is 15.9. The van der Waals surface area contributed by atoms with Crippen molar-refractivity contribution in [3.8, 4) is 0 Å². The first-order chi connectivity index (χ1) is 13.5. The van der Waals surface area contributed by atoms with Gasteiger partial charge in [0.2, 0.25) is 5.96 Å². The van der Waals surface area contributed by atoms with Crippen LogP contribution in [0.1, 0.15) is 11.1 Å². The van der Waals surface area contributed by atoms with E-state index in [1.807, 2.05) is 0 Å². The van der Waals surface area contributed by atoms with E-state index in [4.69, 9.17) is 22.3 Å². The molecule has 29 heavy (non-hydrogen) atoms. The van der Waals surface area contributed by atoms with Gasteiger partial charge in [-0.1, -0.05) is 11.8 Å². The van der Waals surface area contributed by atoms with E-state index in [9.17, 15) is 18.0 Å². The van der Waals surface area contributed by atoms with Crippen molar-refractivity contribution in [1.29, 1.82) is 0 Å². The Bertz CT molecular complexity index is 984. The highest BCUT2D eigenvalue weighted by molar-refractivity contribution is 7.99. The fourth-order valence-corrected chi connectivity index (χ4v) is 2.85. The number of benzene rings is 1. The first kappa shape index (κ1) is 21.8. The molecule has 2 aromatic rings. The molecule has 0 spiro atoms. The number of carboxylic acids is 1. The van der Waals surface area contributed by atoms with Crippen LogP contribution in [0, 0.1) is 0 Å². The lowest BCUT2D eigenvalue weighted by Crippen LogP contribution is -2.26. The predicted molar refractivity (Wildman–Crippen MR) is 104 cm³/mol. The van der Waals surface area contributed by atoms with Gasteiger partial charge in [-0.15, -0.1) is 0 Å². The number of aromatic nitrogens is 1. The number of hydrogen-bond acceptors (Lipinski definition) is 4. The fraction of sp³-hybridized carbons (Fsp3) is 0.0588. The van der Waals surface area contributed by atoms with Crippen LogP contribution in [0.2, 0.25) is 0 Å². The van der Waals surface area contributed by atoms with E-state index in [-0.39, 0.29) is 11.9 Å². The van der Waals surface area contributed by atoms with Gasteiger partial charge in [-0.2, -0.15) is 18.2 Å². The van der Waals surface area contributed by atoms with Gasteiger partial charge < -0.3 is 22.3 Å². The molecule has 0 saturated carbocycles. The molecule has 0 amide bonds. The fourth-order valence-electron chi connectivity index (χ4n) is 2.00. The Labute approximate surface area is 167 Å². The lowest BCUT2D eigenvalue weighted by Gasteiger charge is -2.09. The summed E-state index contributed by atoms with van der Waals surface area (Å²) < 4.78 is 38.0. The first-order valence-corrected chi connectivity index (χ1v) is 8.56. The molecule has 0 aliphatic carbocycles. The van der Waals surface area contributed by atoms with Crippen LogP contribution in [0.4, 0.5) is 18.9 Å². The molecular formula is C17H15F3N6O2S. The number of nitrogens with zero attached hydrogens (tertiary/aromatic N) is 3. The Kier molecular flexibility index (Phi) is 6.83. The molecule has 0 atom stereocenters. The van der Waals surface area contributed by atoms with Gasteiger partial charge >= 0.3 is 12.1 Å². The van der Waals surface area contributed by atoms with Crippen LogP contribution in [-0.2, 0) is 11.0 Å². The summed E-state index contributed by atoms with van der Waals surface area (Å²) in [6, 6.07) is 6.80. The van der Waals surface area contributed by atoms with Gasteiger partial charge in [-0.25, -0.2) is 14.8 Å². The van der Waals surface area contributed by atoms with Gasteiger partial charge in [0.25, 0.3) is 0 Å². The van der Waals surface area contributed by atoms with Crippen LogP contribution in [0.5, 0.6) is 0 Å². The van der Waals surface area contributed by atoms with Crippen molar-refractivity contribution in [3.63, 3.8) is 0 Å². The second-order valence-corrected chi connectivity index (χ2v) is 6.45. The van der Waals surface area contributed by atoms with Crippen molar-refractivity contribution in [3.05, 3.63) is 53.7 Å². The van der Waals surface area contributed by atoms with Gasteiger partial charge in [0.05, 0.1) is 11.3 Å². The van der Waals surface area contributed by atoms with Crippen LogP contribution < -0.4 is 17.2 Å². The van der Waals surface area contributed by atoms with E-state index in [0.29, 0.717) is 21.2 Å². The molecule has 0 aliphatic rings. The Hall–Kier alpha value is -3.54. The molecular weight excluding hydrogens is 409 g/mol. The maximum Gasteiger partial charge on any atom is 0.417 e. The monoisotopic (exact) mass is 424 g/mol. The normalized spacial score (nSPS) is 12.2. The lowest BCUT2D eigenvalue weighted by molar-refractivity contribution is -0.138. The van der Waals surface area contributed by atoms with E-state index in [2.05, 4.69) is 15.0 Å². The Morgan fingerprint density at radius 1 is 1.17 bits per heavy atom. The van der Waals surface area contributed by atoms with E-state index >= 15 is 0 Å². The number of nitrogens with two attached hydrogens (primary N) is 3. The lowest BCUT2D eigenvalue weighted by atomic mass is 10.2. The summed E-state index contributed by atoms with van der Waals surface area (Å²) in [6.07, 6.45) is -1.54. The largest absolute Gasteiger partial charge is 0.478 e. The summed E-state index contributed by atoms with van der Waals surface area (Å²) in [7, 11) is 0. The highest BCUT2D eigenvalue weighted by Gasteiger charge is 2.30. The Morgan fingerprint density at radius 2 is 1.90 bits per heavy atom. The maximum absolute atomic E-state index is 12.7. The number of guanidine groups is 2. The van der Waals surface area contributed by atoms with E-state index in [0.717, 1.165) is 30.1 Å². The van der Waals surface area contributed by atoms with E-state index < -0.39 is 17.7 Å². The molecule has 0 unspecified atom stereocenters. The number of hydrogen-bond donors (Lipinski definition) is 4. The van der Waals surface area contributed by atoms with Crippen LogP contribution >= 0.6 is 11.8 Å². The van der Waals surface area contributed by atoms with Gasteiger partial charge in [-0.3, -0.25) is 0 Å². The number of aliphatic carboxylic acids is 1. The number of carbonyl (C=O) groups is 1. The summed E-state index contributed by atoms with van der Waals surface area (Å²) in [5.74, 6) is -1.66. The average molecular weight is 424 g/mol. The SMILES string of the molecule is NC(N)=NC(N)=Nc1ccc(Sc2ccc(C(F)(F)F)cn2)c(C=CC(=O)O)c1. The highest BCUT2D eigenvalue weighted by Crippen LogP contribution is 2.34. The molecule has 1 aromatic heterocycles. The number of carboxylic acid groups (broad SMARTS) is 1. The van der Waals surface area contributed by atoms with Crippen molar-refractivity contribution in [2.45, 2.75) is 16.1 Å². The molecule has 1 heterocycles. The predicted octanol–water partition coefficient (Wildman–Crippen LogP) is 2.57. The number of pyridine rings is 1. The molecule has 1 aromatic carbocycles. The third-order valence-electron chi connectivity index (χ3n) is 3.16. The zero-order chi connectivity index (χ0) is 21.6. The zero-order valence-corrected chi connectivity index (χ0v) is 15.4. The Balaban J connectivity index is 2.37. The van der Waals surface area contributed by atoms with E-state index in [1.54, 1.807) is 12.1 Å². The maximum atomic E-state index is 12.7. The third kappa shape index (κ3) is 6.84. The van der Waals surface area contributed by atoms with Crippen LogP contribution in [-0.4, -0.2) is 28.0 Å². The minimum Gasteiger partial charge on any atom is -0.478 e. The molecule has 0 fully saturated rings. The molecule has 2 rings (SSSR count). The van der Waals surface area contributed by atoms with Crippen LogP contribution in [0.15, 0.2) is 62.5 Å². The van der Waals surface area contributed by atoms with Crippen molar-refractivity contribution in [2.75, 3.05) is 0 Å². The summed E-state index contributed by atoms with van der Waals surface area (Å²) in [6.45, 7) is 0. The van der Waals surface area contributed by atoms with Crippen LogP contribution in [0.25, 0.3) is 6.08 Å². The number of rotatable bonds is 5. The number of aliphatic imine (C=N–C) groups is 2. The van der Waals surface area contributed by atoms with Crippen molar-refractivity contribution >= 4 is 41.4 Å². The summed E-state index contributed by atoms with van der Waals surface area (Å²) in [5, 5.41) is 9.16.